The molecule has 0 saturated carbocycles. The summed E-state index contributed by atoms with van der Waals surface area (Å²) in [5.74, 6) is -0.672. The van der Waals surface area contributed by atoms with Gasteiger partial charge < -0.3 is 16.4 Å². The number of aromatic hydroxyl groups is 1. The molecule has 0 saturated heterocycles. The molecule has 0 unspecified atom stereocenters. The van der Waals surface area contributed by atoms with Crippen LogP contribution in [0.25, 0.3) is 6.08 Å². The van der Waals surface area contributed by atoms with Crippen LogP contribution < -0.4 is 34.3 Å². The predicted octanol–water partition coefficient (Wildman–Crippen LogP) is -1.38. The van der Waals surface area contributed by atoms with Crippen molar-refractivity contribution in [2.75, 3.05) is 7.11 Å². The first-order valence-electron chi connectivity index (χ1n) is 3.91. The van der Waals surface area contributed by atoms with Gasteiger partial charge in [-0.15, -0.1) is 0 Å². The van der Waals surface area contributed by atoms with E-state index < -0.39 is 5.97 Å². The molecule has 15 heavy (non-hydrogen) atoms. The molecule has 0 heterocycles. The fourth-order valence-corrected chi connectivity index (χ4v) is 0.965. The van der Waals surface area contributed by atoms with E-state index >= 15 is 0 Å². The molecule has 0 fully saturated rings. The number of aliphatic carboxylic acids is 1. The molecule has 2 N–H and O–H groups in total. The van der Waals surface area contributed by atoms with Gasteiger partial charge in [-0.05, 0) is 23.8 Å². The van der Waals surface area contributed by atoms with Crippen molar-refractivity contribution in [3.63, 3.8) is 0 Å². The second-order valence-corrected chi connectivity index (χ2v) is 2.60. The number of ether oxygens (including phenoxy) is 1. The van der Waals surface area contributed by atoms with Crippen LogP contribution in [0.1, 0.15) is 6.99 Å². The van der Waals surface area contributed by atoms with Crippen LogP contribution in [0, 0.1) is 0 Å². The van der Waals surface area contributed by atoms with Crippen molar-refractivity contribution < 1.29 is 50.7 Å². The maximum atomic E-state index is 10.2. The number of hydrogen-bond acceptors (Lipinski definition) is 3. The van der Waals surface area contributed by atoms with Crippen molar-refractivity contribution in [3.05, 3.63) is 29.8 Å². The van der Waals surface area contributed by atoms with Crippen molar-refractivity contribution >= 4 is 12.0 Å². The van der Waals surface area contributed by atoms with Gasteiger partial charge in [0.1, 0.15) is 0 Å². The molecule has 5 heteroatoms. The molecule has 1 rings (SSSR count). The largest absolute Gasteiger partial charge is 1.00 e. The number of carboxylic acid groups (broad SMARTS) is 1. The van der Waals surface area contributed by atoms with E-state index in [1.54, 1.807) is 12.1 Å². The van der Waals surface area contributed by atoms with Gasteiger partial charge in [0.25, 0.3) is 0 Å². The number of hydrogen-bond donors (Lipinski definition) is 2. The summed E-state index contributed by atoms with van der Waals surface area (Å²) in [4.78, 5) is 10.2. The minimum absolute atomic E-state index is 0. The Morgan fingerprint density at radius 2 is 2.20 bits per heavy atom. The monoisotopic (exact) mass is 218 g/mol. The number of carbonyl (C=O) groups is 1. The number of carboxylic acids is 1. The van der Waals surface area contributed by atoms with Gasteiger partial charge in [-0.2, -0.15) is 0 Å². The Balaban J connectivity index is 0. The summed E-state index contributed by atoms with van der Waals surface area (Å²) in [7, 11) is 1.43. The molecule has 0 bridgehead atoms. The van der Waals surface area contributed by atoms with Crippen LogP contribution in [0.2, 0.25) is 0 Å². The molecule has 1 aromatic carbocycles. The van der Waals surface area contributed by atoms with E-state index in [9.17, 15) is 9.90 Å². The van der Waals surface area contributed by atoms with Gasteiger partial charge in [-0.3, -0.25) is 0 Å². The number of phenols is 1. The zero-order chi connectivity index (χ0) is 10.6. The van der Waals surface area contributed by atoms with Crippen LogP contribution in [0.15, 0.2) is 24.3 Å². The summed E-state index contributed by atoms with van der Waals surface area (Å²) in [6.45, 7) is 0. The number of phenolic OH excluding ortho intramolecular Hbond substituents is 1. The molecule has 0 aliphatic carbocycles. The predicted molar refractivity (Wildman–Crippen MR) is 52.4 cm³/mol. The maximum Gasteiger partial charge on any atom is 1.00 e. The summed E-state index contributed by atoms with van der Waals surface area (Å²) in [5, 5.41) is 17.6. The van der Waals surface area contributed by atoms with E-state index in [0.29, 0.717) is 11.3 Å². The fraction of sp³-hybridized carbons (Fsp3) is 0.100. The van der Waals surface area contributed by atoms with E-state index in [0.717, 1.165) is 6.08 Å². The van der Waals surface area contributed by atoms with Crippen molar-refractivity contribution in [1.29, 1.82) is 0 Å². The Labute approximate surface area is 111 Å². The van der Waals surface area contributed by atoms with E-state index in [2.05, 4.69) is 0 Å². The van der Waals surface area contributed by atoms with E-state index in [1.165, 1.54) is 19.3 Å². The summed E-state index contributed by atoms with van der Waals surface area (Å²) in [6, 6.07) is 4.59. The SMILES string of the molecule is COc1cc(/C=C/C(=O)O)ccc1O.[H-].[Na+]. The molecule has 0 aliphatic rings. The number of benzene rings is 1. The minimum atomic E-state index is -1.02. The van der Waals surface area contributed by atoms with Crippen LogP contribution in [0.3, 0.4) is 0 Å². The maximum absolute atomic E-state index is 10.2. The van der Waals surface area contributed by atoms with E-state index in [4.69, 9.17) is 9.84 Å². The standard InChI is InChI=1S/C10H10O4.Na.H/c1-14-9-6-7(2-4-8(9)11)3-5-10(12)13;;/h2-6,11H,1H3,(H,12,13);;/q;+1;-1/b5-3+;;. The summed E-state index contributed by atoms with van der Waals surface area (Å²) in [6.07, 6.45) is 2.44. The molecule has 0 aromatic heterocycles. The summed E-state index contributed by atoms with van der Waals surface area (Å²) in [5.41, 5.74) is 0.655. The van der Waals surface area contributed by atoms with Gasteiger partial charge in [0, 0.05) is 6.08 Å². The first kappa shape index (κ1) is 14.0. The Morgan fingerprint density at radius 3 is 2.73 bits per heavy atom. The first-order valence-corrected chi connectivity index (χ1v) is 3.91. The molecule has 0 amide bonds. The van der Waals surface area contributed by atoms with Crippen LogP contribution in [-0.2, 0) is 4.79 Å². The van der Waals surface area contributed by atoms with Crippen molar-refractivity contribution in [2.24, 2.45) is 0 Å². The third-order valence-electron chi connectivity index (χ3n) is 1.62. The van der Waals surface area contributed by atoms with E-state index in [1.807, 2.05) is 0 Å². The average Bonchev–Trinajstić information content (AvgIpc) is 2.16. The van der Waals surface area contributed by atoms with E-state index in [-0.39, 0.29) is 36.7 Å². The molecule has 4 nitrogen and oxygen atoms in total. The van der Waals surface area contributed by atoms with Gasteiger partial charge in [0.05, 0.1) is 7.11 Å². The minimum Gasteiger partial charge on any atom is -1.00 e. The molecule has 0 spiro atoms. The second-order valence-electron chi connectivity index (χ2n) is 2.60. The first-order chi connectivity index (χ1) is 6.63. The quantitative estimate of drug-likeness (QED) is 0.484. The van der Waals surface area contributed by atoms with Crippen LogP contribution in [0.4, 0.5) is 0 Å². The van der Waals surface area contributed by atoms with Gasteiger partial charge in [-0.25, -0.2) is 4.79 Å². The molecule has 0 aliphatic heterocycles. The molecular formula is C10H11NaO4. The molecule has 1 aromatic rings. The van der Waals surface area contributed by atoms with Crippen molar-refractivity contribution in [3.8, 4) is 11.5 Å². The normalized spacial score (nSPS) is 9.67. The Morgan fingerprint density at radius 1 is 1.53 bits per heavy atom. The number of rotatable bonds is 3. The number of methoxy groups -OCH3 is 1. The van der Waals surface area contributed by atoms with Gasteiger partial charge in [0.2, 0.25) is 0 Å². The molecule has 0 atom stereocenters. The van der Waals surface area contributed by atoms with Gasteiger partial charge in [-0.1, -0.05) is 6.07 Å². The summed E-state index contributed by atoms with van der Waals surface area (Å²) >= 11 is 0. The van der Waals surface area contributed by atoms with Crippen molar-refractivity contribution in [2.45, 2.75) is 0 Å². The Kier molecular flexibility index (Phi) is 6.08. The van der Waals surface area contributed by atoms with Crippen LogP contribution in [-0.4, -0.2) is 23.3 Å². The van der Waals surface area contributed by atoms with Gasteiger partial charge in [0.15, 0.2) is 11.5 Å². The third-order valence-corrected chi connectivity index (χ3v) is 1.62. The zero-order valence-electron chi connectivity index (χ0n) is 9.60. The zero-order valence-corrected chi connectivity index (χ0v) is 10.6. The third kappa shape index (κ3) is 4.38. The van der Waals surface area contributed by atoms with Crippen molar-refractivity contribution in [1.82, 2.24) is 0 Å². The van der Waals surface area contributed by atoms with Gasteiger partial charge >= 0.3 is 35.5 Å². The fourth-order valence-electron chi connectivity index (χ4n) is 0.965. The van der Waals surface area contributed by atoms with Crippen LogP contribution >= 0.6 is 0 Å². The Bertz CT molecular complexity index is 379. The molecule has 0 radical (unpaired) electrons. The average molecular weight is 218 g/mol. The molecule has 76 valence electrons. The van der Waals surface area contributed by atoms with Crippen LogP contribution in [0.5, 0.6) is 11.5 Å². The smallest absolute Gasteiger partial charge is 1.00 e. The molecular weight excluding hydrogens is 207 g/mol. The summed E-state index contributed by atoms with van der Waals surface area (Å²) < 4.78 is 4.86. The second kappa shape index (κ2) is 6.50. The topological polar surface area (TPSA) is 66.8 Å². The Hall–Kier alpha value is -0.970.